The summed E-state index contributed by atoms with van der Waals surface area (Å²) in [4.78, 5) is 24.2. The molecule has 0 saturated carbocycles. The molecule has 3 nitrogen and oxygen atoms in total. The van der Waals surface area contributed by atoms with Crippen LogP contribution in [0.1, 0.15) is 31.8 Å². The van der Waals surface area contributed by atoms with Gasteiger partial charge in [0.05, 0.1) is 11.1 Å². The van der Waals surface area contributed by atoms with Gasteiger partial charge < -0.3 is 4.74 Å². The Balaban J connectivity index is 2.25. The van der Waals surface area contributed by atoms with E-state index in [2.05, 4.69) is 13.2 Å². The first-order valence-corrected chi connectivity index (χ1v) is 6.37. The van der Waals surface area contributed by atoms with Gasteiger partial charge in [-0.2, -0.15) is 0 Å². The molecular formula is C18H14O3. The third-order valence-corrected chi connectivity index (χ3v) is 2.99. The summed E-state index contributed by atoms with van der Waals surface area (Å²) in [6, 6.07) is 13.6. The summed E-state index contributed by atoms with van der Waals surface area (Å²) >= 11 is 0. The Morgan fingerprint density at radius 3 is 1.52 bits per heavy atom. The van der Waals surface area contributed by atoms with Crippen LogP contribution < -0.4 is 0 Å². The maximum Gasteiger partial charge on any atom is 0.346 e. The molecule has 104 valence electrons. The second-order valence-corrected chi connectivity index (χ2v) is 4.26. The minimum absolute atomic E-state index is 0.303. The Hall–Kier alpha value is -2.94. The molecule has 0 atom stereocenters. The van der Waals surface area contributed by atoms with Gasteiger partial charge >= 0.3 is 11.9 Å². The van der Waals surface area contributed by atoms with Crippen molar-refractivity contribution >= 4 is 24.1 Å². The van der Waals surface area contributed by atoms with Crippen molar-refractivity contribution in [3.05, 3.63) is 83.9 Å². The van der Waals surface area contributed by atoms with Gasteiger partial charge in [-0.05, 0) is 23.3 Å². The predicted molar refractivity (Wildman–Crippen MR) is 82.8 cm³/mol. The fourth-order valence-corrected chi connectivity index (χ4v) is 1.92. The largest absolute Gasteiger partial charge is 0.386 e. The van der Waals surface area contributed by atoms with Crippen molar-refractivity contribution < 1.29 is 14.3 Å². The normalized spacial score (nSPS) is 9.71. The highest BCUT2D eigenvalue weighted by Crippen LogP contribution is 2.15. The molecule has 2 rings (SSSR count). The summed E-state index contributed by atoms with van der Waals surface area (Å²) in [5, 5.41) is 0. The first-order chi connectivity index (χ1) is 10.2. The molecule has 0 heterocycles. The van der Waals surface area contributed by atoms with Gasteiger partial charge in [-0.25, -0.2) is 9.59 Å². The SMILES string of the molecule is C=Cc1ccccc1C(=O)OC(=O)c1ccccc1C=C. The maximum atomic E-state index is 12.1. The van der Waals surface area contributed by atoms with Crippen LogP contribution in [0.3, 0.4) is 0 Å². The number of hydrogen-bond acceptors (Lipinski definition) is 3. The van der Waals surface area contributed by atoms with Gasteiger partial charge in [0.25, 0.3) is 0 Å². The fourth-order valence-electron chi connectivity index (χ4n) is 1.92. The Morgan fingerprint density at radius 1 is 0.762 bits per heavy atom. The second kappa shape index (κ2) is 6.48. The zero-order valence-corrected chi connectivity index (χ0v) is 11.4. The lowest BCUT2D eigenvalue weighted by molar-refractivity contribution is 0.0397. The van der Waals surface area contributed by atoms with Gasteiger partial charge in [-0.3, -0.25) is 0 Å². The lowest BCUT2D eigenvalue weighted by Crippen LogP contribution is -2.14. The molecule has 0 unspecified atom stereocenters. The number of hydrogen-bond donors (Lipinski definition) is 0. The van der Waals surface area contributed by atoms with Crippen LogP contribution in [0.2, 0.25) is 0 Å². The van der Waals surface area contributed by atoms with E-state index in [-0.39, 0.29) is 0 Å². The van der Waals surface area contributed by atoms with Crippen LogP contribution in [0.4, 0.5) is 0 Å². The van der Waals surface area contributed by atoms with Crippen molar-refractivity contribution in [2.45, 2.75) is 0 Å². The Labute approximate surface area is 123 Å². The van der Waals surface area contributed by atoms with E-state index in [1.807, 2.05) is 0 Å². The van der Waals surface area contributed by atoms with Crippen LogP contribution >= 0.6 is 0 Å². The van der Waals surface area contributed by atoms with Crippen molar-refractivity contribution in [3.63, 3.8) is 0 Å². The first kappa shape index (κ1) is 14.5. The molecule has 0 aliphatic carbocycles. The average molecular weight is 278 g/mol. The summed E-state index contributed by atoms with van der Waals surface area (Å²) in [7, 11) is 0. The highest BCUT2D eigenvalue weighted by molar-refractivity contribution is 6.05. The van der Waals surface area contributed by atoms with Crippen LogP contribution in [0.15, 0.2) is 61.7 Å². The molecule has 0 radical (unpaired) electrons. The number of benzene rings is 2. The summed E-state index contributed by atoms with van der Waals surface area (Å²) in [6.45, 7) is 7.27. The van der Waals surface area contributed by atoms with Gasteiger partial charge in [0, 0.05) is 0 Å². The van der Waals surface area contributed by atoms with Crippen molar-refractivity contribution in [3.8, 4) is 0 Å². The summed E-state index contributed by atoms with van der Waals surface area (Å²) in [5.74, 6) is -1.40. The van der Waals surface area contributed by atoms with E-state index in [1.54, 1.807) is 60.7 Å². The Morgan fingerprint density at radius 2 is 1.14 bits per heavy atom. The molecule has 0 fully saturated rings. The highest BCUT2D eigenvalue weighted by Gasteiger charge is 2.18. The summed E-state index contributed by atoms with van der Waals surface area (Å²) in [5.41, 5.74) is 1.84. The predicted octanol–water partition coefficient (Wildman–Crippen LogP) is 3.97. The van der Waals surface area contributed by atoms with E-state index in [9.17, 15) is 9.59 Å². The molecule has 0 aliphatic rings. The van der Waals surface area contributed by atoms with E-state index >= 15 is 0 Å². The van der Waals surface area contributed by atoms with Crippen molar-refractivity contribution in [2.24, 2.45) is 0 Å². The van der Waals surface area contributed by atoms with Gasteiger partial charge in [0.1, 0.15) is 0 Å². The van der Waals surface area contributed by atoms with Crippen LogP contribution in [0, 0.1) is 0 Å². The molecule has 0 N–H and O–H groups in total. The quantitative estimate of drug-likeness (QED) is 0.628. The molecule has 0 aromatic heterocycles. The first-order valence-electron chi connectivity index (χ1n) is 6.37. The van der Waals surface area contributed by atoms with Gasteiger partial charge in [0.2, 0.25) is 0 Å². The number of rotatable bonds is 4. The lowest BCUT2D eigenvalue weighted by Gasteiger charge is -2.07. The van der Waals surface area contributed by atoms with E-state index in [0.29, 0.717) is 22.3 Å². The van der Waals surface area contributed by atoms with E-state index in [1.165, 1.54) is 0 Å². The van der Waals surface area contributed by atoms with Crippen LogP contribution in [0.25, 0.3) is 12.2 Å². The molecule has 0 bridgehead atoms. The number of carbonyl (C=O) groups excluding carboxylic acids is 2. The van der Waals surface area contributed by atoms with Crippen LogP contribution in [0.5, 0.6) is 0 Å². The van der Waals surface area contributed by atoms with Gasteiger partial charge in [-0.15, -0.1) is 0 Å². The van der Waals surface area contributed by atoms with Gasteiger partial charge in [0.15, 0.2) is 0 Å². The zero-order chi connectivity index (χ0) is 15.2. The Bertz CT molecular complexity index is 652. The molecule has 0 amide bonds. The summed E-state index contributed by atoms with van der Waals surface area (Å²) in [6.07, 6.45) is 3.08. The standard InChI is InChI=1S/C18H14O3/c1-3-13-9-5-7-11-15(13)17(19)21-18(20)16-12-8-6-10-14(16)4-2/h3-12H,1-2H2. The lowest BCUT2D eigenvalue weighted by atomic mass is 10.1. The molecule has 0 saturated heterocycles. The minimum Gasteiger partial charge on any atom is -0.386 e. The van der Waals surface area contributed by atoms with Crippen molar-refractivity contribution in [1.29, 1.82) is 0 Å². The number of esters is 2. The fraction of sp³-hybridized carbons (Fsp3) is 0. The topological polar surface area (TPSA) is 43.4 Å². The van der Waals surface area contributed by atoms with Crippen LogP contribution in [-0.4, -0.2) is 11.9 Å². The summed E-state index contributed by atoms with van der Waals surface area (Å²) < 4.78 is 4.93. The van der Waals surface area contributed by atoms with E-state index in [4.69, 9.17) is 4.74 Å². The molecule has 2 aromatic carbocycles. The number of ether oxygens (including phenoxy) is 1. The molecule has 0 spiro atoms. The monoisotopic (exact) mass is 278 g/mol. The van der Waals surface area contributed by atoms with Crippen LogP contribution in [-0.2, 0) is 4.74 Å². The maximum absolute atomic E-state index is 12.1. The Kier molecular flexibility index (Phi) is 4.46. The van der Waals surface area contributed by atoms with Gasteiger partial charge in [-0.1, -0.05) is 61.7 Å². The highest BCUT2D eigenvalue weighted by atomic mass is 16.6. The van der Waals surface area contributed by atoms with Crippen molar-refractivity contribution in [2.75, 3.05) is 0 Å². The average Bonchev–Trinajstić information content (AvgIpc) is 2.54. The number of carbonyl (C=O) groups is 2. The molecule has 0 aliphatic heterocycles. The molecular weight excluding hydrogens is 264 g/mol. The second-order valence-electron chi connectivity index (χ2n) is 4.26. The molecule has 21 heavy (non-hydrogen) atoms. The third-order valence-electron chi connectivity index (χ3n) is 2.99. The zero-order valence-electron chi connectivity index (χ0n) is 11.4. The molecule has 3 heteroatoms. The smallest absolute Gasteiger partial charge is 0.346 e. The minimum atomic E-state index is -0.700. The van der Waals surface area contributed by atoms with E-state index < -0.39 is 11.9 Å². The van der Waals surface area contributed by atoms with E-state index in [0.717, 1.165) is 0 Å². The molecule has 2 aromatic rings. The van der Waals surface area contributed by atoms with Crippen molar-refractivity contribution in [1.82, 2.24) is 0 Å². The third kappa shape index (κ3) is 3.15.